The van der Waals surface area contributed by atoms with Crippen molar-refractivity contribution in [1.82, 2.24) is 0 Å². The van der Waals surface area contributed by atoms with Gasteiger partial charge in [0.25, 0.3) is 0 Å². The fourth-order valence-electron chi connectivity index (χ4n) is 2.89. The van der Waals surface area contributed by atoms with E-state index >= 15 is 0 Å². The maximum atomic E-state index is 11.7. The summed E-state index contributed by atoms with van der Waals surface area (Å²) in [4.78, 5) is 27.9. The van der Waals surface area contributed by atoms with E-state index in [0.717, 1.165) is 22.1 Å². The Morgan fingerprint density at radius 1 is 0.923 bits per heavy atom. The number of hydrogen-bond acceptors (Lipinski definition) is 5. The molecule has 0 amide bonds. The molecule has 0 radical (unpaired) electrons. The molecule has 5 heteroatoms. The molecule has 1 aliphatic heterocycles. The zero-order valence-corrected chi connectivity index (χ0v) is 13.9. The van der Waals surface area contributed by atoms with Gasteiger partial charge in [-0.15, -0.1) is 0 Å². The minimum atomic E-state index is -0.101. The van der Waals surface area contributed by atoms with Gasteiger partial charge in [-0.1, -0.05) is 29.8 Å². The number of rotatable bonds is 1. The minimum Gasteiger partial charge on any atom is -0.508 e. The van der Waals surface area contributed by atoms with Gasteiger partial charge in [-0.2, -0.15) is 9.59 Å². The lowest BCUT2D eigenvalue weighted by Crippen LogP contribution is -1.99. The quantitative estimate of drug-likeness (QED) is 0.527. The van der Waals surface area contributed by atoms with Crippen molar-refractivity contribution in [3.8, 4) is 28.2 Å². The van der Waals surface area contributed by atoms with Gasteiger partial charge < -0.3 is 9.52 Å². The zero-order chi connectivity index (χ0) is 18.7. The zero-order valence-electron chi connectivity index (χ0n) is 13.9. The van der Waals surface area contributed by atoms with Crippen LogP contribution in [-0.2, 0) is 9.59 Å². The van der Waals surface area contributed by atoms with Crippen LogP contribution in [-0.4, -0.2) is 11.3 Å². The average Bonchev–Trinajstić information content (AvgIpc) is 2.61. The molecule has 26 heavy (non-hydrogen) atoms. The summed E-state index contributed by atoms with van der Waals surface area (Å²) in [6.07, 6.45) is 0.250. The molecule has 2 aromatic rings. The molecule has 0 saturated heterocycles. The molecule has 0 bridgehead atoms. The van der Waals surface area contributed by atoms with E-state index < -0.39 is 0 Å². The second kappa shape index (κ2) is 7.05. The van der Waals surface area contributed by atoms with E-state index in [-0.39, 0.29) is 17.3 Å². The lowest BCUT2D eigenvalue weighted by Gasteiger charge is -2.15. The molecule has 1 heterocycles. The Bertz CT molecular complexity index is 1130. The molecule has 0 unspecified atom stereocenters. The molecule has 0 saturated carbocycles. The molecule has 0 fully saturated rings. The third-order valence-corrected chi connectivity index (χ3v) is 4.02. The van der Waals surface area contributed by atoms with Gasteiger partial charge in [-0.05, 0) is 36.8 Å². The Balaban J connectivity index is 0.000000613. The molecule has 0 aromatic heterocycles. The first-order valence-electron chi connectivity index (χ1n) is 7.79. The highest BCUT2D eigenvalue weighted by atomic mass is 16.3. The van der Waals surface area contributed by atoms with E-state index in [1.54, 1.807) is 24.3 Å². The van der Waals surface area contributed by atoms with Gasteiger partial charge in [-0.25, -0.2) is 0 Å². The van der Waals surface area contributed by atoms with E-state index in [1.807, 2.05) is 13.0 Å². The van der Waals surface area contributed by atoms with Gasteiger partial charge in [0.05, 0.1) is 0 Å². The Labute approximate surface area is 148 Å². The summed E-state index contributed by atoms with van der Waals surface area (Å²) in [6.45, 7) is 2.04. The second-order valence-corrected chi connectivity index (χ2v) is 5.76. The van der Waals surface area contributed by atoms with Crippen molar-refractivity contribution < 1.29 is 19.1 Å². The molecule has 2 aliphatic rings. The number of carbonyl (C=O) groups excluding carboxylic acids is 2. The first-order chi connectivity index (χ1) is 12.5. The number of hydrogen-bond donors (Lipinski definition) is 1. The summed E-state index contributed by atoms with van der Waals surface area (Å²) >= 11 is 0. The van der Waals surface area contributed by atoms with Crippen molar-refractivity contribution in [2.24, 2.45) is 0 Å². The highest BCUT2D eigenvalue weighted by Gasteiger charge is 2.17. The van der Waals surface area contributed by atoms with Crippen LogP contribution < -0.4 is 5.43 Å². The van der Waals surface area contributed by atoms with Gasteiger partial charge in [-0.3, -0.25) is 4.79 Å². The third-order valence-electron chi connectivity index (χ3n) is 4.02. The van der Waals surface area contributed by atoms with Crippen molar-refractivity contribution in [3.05, 3.63) is 76.5 Å². The number of phenolic OH excluding ortho intramolecular Hbond substituents is 1. The molecule has 0 atom stereocenters. The van der Waals surface area contributed by atoms with Crippen LogP contribution in [0.1, 0.15) is 5.56 Å². The van der Waals surface area contributed by atoms with Crippen molar-refractivity contribution in [1.29, 1.82) is 0 Å². The fraction of sp³-hybridized carbons (Fsp3) is 0.0476. The lowest BCUT2D eigenvalue weighted by molar-refractivity contribution is -0.191. The van der Waals surface area contributed by atoms with Crippen LogP contribution in [0, 0.1) is 6.92 Å². The second-order valence-electron chi connectivity index (χ2n) is 5.76. The summed E-state index contributed by atoms with van der Waals surface area (Å²) < 4.78 is 5.83. The van der Waals surface area contributed by atoms with E-state index in [9.17, 15) is 9.90 Å². The summed E-state index contributed by atoms with van der Waals surface area (Å²) in [6, 6.07) is 18.1. The Morgan fingerprint density at radius 2 is 1.62 bits per heavy atom. The molecule has 5 nitrogen and oxygen atoms in total. The molecule has 128 valence electrons. The third kappa shape index (κ3) is 3.24. The number of fused-ring (bicyclic) bond motifs is 2. The fourth-order valence-corrected chi connectivity index (χ4v) is 2.89. The van der Waals surface area contributed by atoms with Gasteiger partial charge in [0.2, 0.25) is 0 Å². The SMILES string of the molecule is Cc1ccc(-c2c3ccc(=O)cc-3oc3cc(O)ccc23)cc1.O=C=O. The Hall–Kier alpha value is -3.69. The topological polar surface area (TPSA) is 84.6 Å². The standard InChI is InChI=1S/C20H14O3.CO2/c1-12-2-4-13(5-3-12)20-16-8-6-14(21)10-18(16)23-19-11-15(22)7-9-17(19)20;2-1-3/h2-11,21H,1H3;. The van der Waals surface area contributed by atoms with Crippen LogP contribution in [0.3, 0.4) is 0 Å². The predicted molar refractivity (Wildman–Crippen MR) is 96.0 cm³/mol. The average molecular weight is 346 g/mol. The highest BCUT2D eigenvalue weighted by molar-refractivity contribution is 6.02. The van der Waals surface area contributed by atoms with Crippen molar-refractivity contribution >= 4 is 17.1 Å². The van der Waals surface area contributed by atoms with E-state index in [1.165, 1.54) is 11.6 Å². The van der Waals surface area contributed by atoms with Gasteiger partial charge in [0.1, 0.15) is 17.1 Å². The maximum absolute atomic E-state index is 11.7. The van der Waals surface area contributed by atoms with E-state index in [0.29, 0.717) is 11.3 Å². The summed E-state index contributed by atoms with van der Waals surface area (Å²) in [5.74, 6) is 0.653. The van der Waals surface area contributed by atoms with Gasteiger partial charge >= 0.3 is 6.15 Å². The van der Waals surface area contributed by atoms with E-state index in [2.05, 4.69) is 24.3 Å². The van der Waals surface area contributed by atoms with E-state index in [4.69, 9.17) is 14.0 Å². The smallest absolute Gasteiger partial charge is 0.373 e. The number of phenols is 1. The molecular weight excluding hydrogens is 332 g/mol. The molecule has 0 spiro atoms. The molecule has 4 rings (SSSR count). The van der Waals surface area contributed by atoms with Crippen molar-refractivity contribution in [2.45, 2.75) is 6.92 Å². The largest absolute Gasteiger partial charge is 0.508 e. The predicted octanol–water partition coefficient (Wildman–Crippen LogP) is 4.00. The summed E-state index contributed by atoms with van der Waals surface area (Å²) in [5.41, 5.74) is 4.57. The van der Waals surface area contributed by atoms with Crippen LogP contribution in [0.2, 0.25) is 0 Å². The van der Waals surface area contributed by atoms with Crippen molar-refractivity contribution in [3.63, 3.8) is 0 Å². The first-order valence-corrected chi connectivity index (χ1v) is 7.79. The Kier molecular flexibility index (Phi) is 4.65. The first kappa shape index (κ1) is 17.1. The number of aromatic hydroxyl groups is 1. The normalized spacial score (nSPS) is 10.2. The van der Waals surface area contributed by atoms with Crippen molar-refractivity contribution in [2.75, 3.05) is 0 Å². The van der Waals surface area contributed by atoms with Crippen LogP contribution in [0.15, 0.2) is 69.9 Å². The summed E-state index contributed by atoms with van der Waals surface area (Å²) in [7, 11) is 0. The van der Waals surface area contributed by atoms with Crippen LogP contribution in [0.5, 0.6) is 5.75 Å². The number of benzene rings is 3. The lowest BCUT2D eigenvalue weighted by atomic mass is 9.93. The molecule has 1 aliphatic carbocycles. The summed E-state index contributed by atoms with van der Waals surface area (Å²) in [5, 5.41) is 10.6. The Morgan fingerprint density at radius 3 is 2.31 bits per heavy atom. The van der Waals surface area contributed by atoms with Gasteiger partial charge in [0, 0.05) is 28.6 Å². The highest BCUT2D eigenvalue weighted by Crippen LogP contribution is 2.40. The minimum absolute atomic E-state index is 0.101. The maximum Gasteiger partial charge on any atom is 0.373 e. The van der Waals surface area contributed by atoms with Crippen LogP contribution in [0.25, 0.3) is 33.4 Å². The monoisotopic (exact) mass is 346 g/mol. The van der Waals surface area contributed by atoms with Crippen LogP contribution >= 0.6 is 0 Å². The van der Waals surface area contributed by atoms with Crippen LogP contribution in [0.4, 0.5) is 0 Å². The molecule has 1 N–H and O–H groups in total. The number of aryl methyl sites for hydroxylation is 1. The molecular formula is C21H14O5. The van der Waals surface area contributed by atoms with Gasteiger partial charge in [0.15, 0.2) is 5.43 Å². The molecule has 2 aromatic carbocycles.